The van der Waals surface area contributed by atoms with Crippen LogP contribution in [0.4, 0.5) is 0 Å². The topological polar surface area (TPSA) is 41.6 Å². The predicted octanol–water partition coefficient (Wildman–Crippen LogP) is 1.56. The van der Waals surface area contributed by atoms with Crippen LogP contribution in [0.15, 0.2) is 30.3 Å². The molecule has 0 spiro atoms. The first-order chi connectivity index (χ1) is 9.83. The van der Waals surface area contributed by atoms with E-state index in [0.717, 1.165) is 32.5 Å². The van der Waals surface area contributed by atoms with E-state index >= 15 is 0 Å². The van der Waals surface area contributed by atoms with E-state index in [9.17, 15) is 4.79 Å². The van der Waals surface area contributed by atoms with Gasteiger partial charge in [-0.2, -0.15) is 0 Å². The van der Waals surface area contributed by atoms with Crippen LogP contribution in [0.3, 0.4) is 0 Å². The highest BCUT2D eigenvalue weighted by Crippen LogP contribution is 2.29. The second-order valence-corrected chi connectivity index (χ2v) is 5.67. The van der Waals surface area contributed by atoms with Crippen LogP contribution < -0.4 is 5.32 Å². The van der Waals surface area contributed by atoms with Crippen molar-refractivity contribution in [1.29, 1.82) is 0 Å². The van der Waals surface area contributed by atoms with Crippen molar-refractivity contribution >= 4 is 5.91 Å². The third-order valence-electron chi connectivity index (χ3n) is 3.92. The van der Waals surface area contributed by atoms with Crippen LogP contribution in [0.2, 0.25) is 0 Å². The number of carbonyl (C=O) groups excluding carboxylic acids is 1. The molecule has 1 N–H and O–H groups in total. The van der Waals surface area contributed by atoms with E-state index in [1.54, 1.807) is 0 Å². The van der Waals surface area contributed by atoms with Gasteiger partial charge in [0.1, 0.15) is 0 Å². The Kier molecular flexibility index (Phi) is 4.33. The zero-order chi connectivity index (χ0) is 13.8. The Labute approximate surface area is 120 Å². The number of hydrogen-bond donors (Lipinski definition) is 1. The predicted molar refractivity (Wildman–Crippen MR) is 77.2 cm³/mol. The van der Waals surface area contributed by atoms with Gasteiger partial charge in [0.15, 0.2) is 0 Å². The first-order valence-electron chi connectivity index (χ1n) is 7.47. The minimum Gasteiger partial charge on any atom is -0.378 e. The van der Waals surface area contributed by atoms with E-state index in [1.807, 2.05) is 23.1 Å². The molecular weight excluding hydrogens is 252 g/mol. The molecule has 0 bridgehead atoms. The number of nitrogens with zero attached hydrogens (tertiary/aromatic N) is 1. The van der Waals surface area contributed by atoms with Crippen LogP contribution in [0.5, 0.6) is 0 Å². The van der Waals surface area contributed by atoms with Gasteiger partial charge in [-0.1, -0.05) is 30.3 Å². The maximum atomic E-state index is 12.5. The number of nitrogens with one attached hydrogen (secondary N) is 1. The molecule has 1 saturated heterocycles. The highest BCUT2D eigenvalue weighted by molar-refractivity contribution is 5.77. The second-order valence-electron chi connectivity index (χ2n) is 5.67. The average molecular weight is 274 g/mol. The molecule has 1 amide bonds. The maximum Gasteiger partial charge on any atom is 0.224 e. The van der Waals surface area contributed by atoms with Gasteiger partial charge < -0.3 is 15.0 Å². The lowest BCUT2D eigenvalue weighted by molar-refractivity contribution is -0.133. The monoisotopic (exact) mass is 274 g/mol. The Morgan fingerprint density at radius 2 is 2.10 bits per heavy atom. The summed E-state index contributed by atoms with van der Waals surface area (Å²) < 4.78 is 5.42. The van der Waals surface area contributed by atoms with Gasteiger partial charge in [-0.3, -0.25) is 4.79 Å². The Morgan fingerprint density at radius 1 is 1.30 bits per heavy atom. The van der Waals surface area contributed by atoms with E-state index in [2.05, 4.69) is 17.4 Å². The standard InChI is InChI=1S/C16H22N2O2/c19-16(10-14-12-20-9-8-17-14)18(15-6-7-15)11-13-4-2-1-3-5-13/h1-5,14-15,17H,6-12H2. The molecule has 1 aromatic carbocycles. The molecule has 1 aromatic rings. The molecule has 2 fully saturated rings. The first-order valence-corrected chi connectivity index (χ1v) is 7.47. The summed E-state index contributed by atoms with van der Waals surface area (Å²) in [5.41, 5.74) is 1.21. The summed E-state index contributed by atoms with van der Waals surface area (Å²) in [6.07, 6.45) is 2.84. The molecular formula is C16H22N2O2. The molecule has 0 radical (unpaired) electrons. The van der Waals surface area contributed by atoms with Gasteiger partial charge in [-0.05, 0) is 18.4 Å². The number of morpholine rings is 1. The van der Waals surface area contributed by atoms with Crippen LogP contribution in [-0.4, -0.2) is 42.6 Å². The van der Waals surface area contributed by atoms with Crippen LogP contribution in [0.1, 0.15) is 24.8 Å². The molecule has 1 aliphatic heterocycles. The van der Waals surface area contributed by atoms with Crippen LogP contribution in [0.25, 0.3) is 0 Å². The molecule has 0 aromatic heterocycles. The molecule has 3 rings (SSSR count). The van der Waals surface area contributed by atoms with Gasteiger partial charge in [-0.25, -0.2) is 0 Å². The third-order valence-corrected chi connectivity index (χ3v) is 3.92. The zero-order valence-corrected chi connectivity index (χ0v) is 11.8. The fourth-order valence-corrected chi connectivity index (χ4v) is 2.67. The number of amides is 1. The van der Waals surface area contributed by atoms with Gasteiger partial charge in [-0.15, -0.1) is 0 Å². The molecule has 1 heterocycles. The number of ether oxygens (including phenoxy) is 1. The van der Waals surface area contributed by atoms with Crippen molar-refractivity contribution in [2.24, 2.45) is 0 Å². The lowest BCUT2D eigenvalue weighted by Gasteiger charge is -2.28. The van der Waals surface area contributed by atoms with Crippen molar-refractivity contribution in [3.8, 4) is 0 Å². The highest BCUT2D eigenvalue weighted by atomic mass is 16.5. The molecule has 1 aliphatic carbocycles. The van der Waals surface area contributed by atoms with Crippen molar-refractivity contribution in [3.05, 3.63) is 35.9 Å². The molecule has 1 atom stereocenters. The summed E-state index contributed by atoms with van der Waals surface area (Å²) in [6, 6.07) is 10.9. The third kappa shape index (κ3) is 3.58. The normalized spacial score (nSPS) is 22.5. The summed E-state index contributed by atoms with van der Waals surface area (Å²) >= 11 is 0. The van der Waals surface area contributed by atoms with Crippen LogP contribution in [-0.2, 0) is 16.1 Å². The quantitative estimate of drug-likeness (QED) is 0.886. The lowest BCUT2D eigenvalue weighted by Crippen LogP contribution is -2.45. The average Bonchev–Trinajstić information content (AvgIpc) is 3.31. The van der Waals surface area contributed by atoms with E-state index in [0.29, 0.717) is 19.1 Å². The number of rotatable bonds is 5. The summed E-state index contributed by atoms with van der Waals surface area (Å²) in [5.74, 6) is 0.249. The smallest absolute Gasteiger partial charge is 0.224 e. The summed E-state index contributed by atoms with van der Waals surface area (Å²) in [6.45, 7) is 2.98. The fraction of sp³-hybridized carbons (Fsp3) is 0.562. The Hall–Kier alpha value is -1.39. The Morgan fingerprint density at radius 3 is 2.75 bits per heavy atom. The van der Waals surface area contributed by atoms with E-state index < -0.39 is 0 Å². The van der Waals surface area contributed by atoms with Crippen molar-refractivity contribution in [2.75, 3.05) is 19.8 Å². The first kappa shape index (κ1) is 13.6. The van der Waals surface area contributed by atoms with Gasteiger partial charge in [0.2, 0.25) is 5.91 Å². The van der Waals surface area contributed by atoms with Crippen molar-refractivity contribution in [2.45, 2.75) is 37.9 Å². The van der Waals surface area contributed by atoms with Gasteiger partial charge in [0.25, 0.3) is 0 Å². The Bertz CT molecular complexity index is 439. The molecule has 4 heteroatoms. The lowest BCUT2D eigenvalue weighted by atomic mass is 10.1. The summed E-state index contributed by atoms with van der Waals surface area (Å²) in [5, 5.41) is 3.36. The number of benzene rings is 1. The fourth-order valence-electron chi connectivity index (χ4n) is 2.67. The van der Waals surface area contributed by atoms with E-state index in [1.165, 1.54) is 5.56 Å². The number of carbonyl (C=O) groups is 1. The van der Waals surface area contributed by atoms with Crippen LogP contribution in [0, 0.1) is 0 Å². The molecule has 108 valence electrons. The molecule has 4 nitrogen and oxygen atoms in total. The Balaban J connectivity index is 1.59. The highest BCUT2D eigenvalue weighted by Gasteiger charge is 2.33. The summed E-state index contributed by atoms with van der Waals surface area (Å²) in [4.78, 5) is 14.6. The zero-order valence-electron chi connectivity index (χ0n) is 11.8. The van der Waals surface area contributed by atoms with Crippen molar-refractivity contribution in [3.63, 3.8) is 0 Å². The minimum atomic E-state index is 0.174. The molecule has 20 heavy (non-hydrogen) atoms. The summed E-state index contributed by atoms with van der Waals surface area (Å²) in [7, 11) is 0. The minimum absolute atomic E-state index is 0.174. The second kappa shape index (κ2) is 6.37. The largest absolute Gasteiger partial charge is 0.378 e. The van der Waals surface area contributed by atoms with Gasteiger partial charge in [0, 0.05) is 31.6 Å². The molecule has 2 aliphatic rings. The number of hydrogen-bond acceptors (Lipinski definition) is 3. The van der Waals surface area contributed by atoms with E-state index in [4.69, 9.17) is 4.74 Å². The van der Waals surface area contributed by atoms with Gasteiger partial charge >= 0.3 is 0 Å². The maximum absolute atomic E-state index is 12.5. The molecule has 1 unspecified atom stereocenters. The van der Waals surface area contributed by atoms with Crippen LogP contribution >= 0.6 is 0 Å². The SMILES string of the molecule is O=C(CC1COCCN1)N(Cc1ccccc1)C1CC1. The van der Waals surface area contributed by atoms with E-state index in [-0.39, 0.29) is 11.9 Å². The van der Waals surface area contributed by atoms with Crippen molar-refractivity contribution < 1.29 is 9.53 Å². The van der Waals surface area contributed by atoms with Gasteiger partial charge in [0.05, 0.1) is 13.2 Å². The van der Waals surface area contributed by atoms with Crippen molar-refractivity contribution in [1.82, 2.24) is 10.2 Å². The molecule has 1 saturated carbocycles.